The summed E-state index contributed by atoms with van der Waals surface area (Å²) in [7, 11) is 0. The van der Waals surface area contributed by atoms with Crippen molar-refractivity contribution in [1.82, 2.24) is 16.0 Å². The van der Waals surface area contributed by atoms with Crippen LogP contribution >= 0.6 is 0 Å². The third-order valence-corrected chi connectivity index (χ3v) is 5.26. The molecular formula is C20H36N4O7. The average molecular weight is 445 g/mol. The zero-order valence-corrected chi connectivity index (χ0v) is 18.8. The number of carbonyl (C=O) groups is 5. The Hall–Kier alpha value is -2.69. The van der Waals surface area contributed by atoms with Crippen molar-refractivity contribution in [2.45, 2.75) is 84.5 Å². The van der Waals surface area contributed by atoms with Crippen LogP contribution in [0.15, 0.2) is 0 Å². The predicted molar refractivity (Wildman–Crippen MR) is 113 cm³/mol. The molecule has 11 heteroatoms. The zero-order valence-electron chi connectivity index (χ0n) is 18.8. The summed E-state index contributed by atoms with van der Waals surface area (Å²) in [4.78, 5) is 59.9. The van der Waals surface area contributed by atoms with E-state index in [0.717, 1.165) is 0 Å². The summed E-state index contributed by atoms with van der Waals surface area (Å²) in [5.74, 6) is -4.97. The Morgan fingerprint density at radius 3 is 1.55 bits per heavy atom. The molecule has 6 unspecified atom stereocenters. The molecule has 0 aromatic rings. The van der Waals surface area contributed by atoms with Crippen molar-refractivity contribution in [3.63, 3.8) is 0 Å². The lowest BCUT2D eigenvalue weighted by molar-refractivity contribution is -0.143. The van der Waals surface area contributed by atoms with Gasteiger partial charge in [0.25, 0.3) is 0 Å². The highest BCUT2D eigenvalue weighted by Gasteiger charge is 2.34. The van der Waals surface area contributed by atoms with E-state index in [0.29, 0.717) is 12.8 Å². The van der Waals surface area contributed by atoms with E-state index < -0.39 is 60.2 Å². The second kappa shape index (κ2) is 13.6. The van der Waals surface area contributed by atoms with E-state index >= 15 is 0 Å². The van der Waals surface area contributed by atoms with Gasteiger partial charge in [0, 0.05) is 6.42 Å². The monoisotopic (exact) mass is 444 g/mol. The molecule has 0 bridgehead atoms. The minimum Gasteiger partial charge on any atom is -0.481 e. The van der Waals surface area contributed by atoms with Gasteiger partial charge in [-0.2, -0.15) is 0 Å². The molecule has 178 valence electrons. The number of hydrogen-bond acceptors (Lipinski definition) is 6. The molecule has 31 heavy (non-hydrogen) atoms. The Morgan fingerprint density at radius 1 is 0.774 bits per heavy atom. The van der Waals surface area contributed by atoms with Crippen LogP contribution in [0.4, 0.5) is 0 Å². The summed E-state index contributed by atoms with van der Waals surface area (Å²) < 4.78 is 0. The lowest BCUT2D eigenvalue weighted by Crippen LogP contribution is -2.59. The summed E-state index contributed by atoms with van der Waals surface area (Å²) in [6.45, 7) is 8.63. The zero-order chi connectivity index (χ0) is 24.3. The number of hydrogen-bond donors (Lipinski definition) is 6. The summed E-state index contributed by atoms with van der Waals surface area (Å²) in [6.07, 6.45) is 0.355. The first-order chi connectivity index (χ1) is 14.3. The molecule has 0 saturated carbocycles. The standard InChI is InChI=1S/C20H36N4O7/c1-6-10(3)15(18(28)22-13(20(30)31)8-9-14(25)26)24-19(29)16(11(4)7-2)23-17(27)12(5)21/h10-13,15-16H,6-9,21H2,1-5H3,(H,22,28)(H,23,27)(H,24,29)(H,25,26)(H,30,31). The van der Waals surface area contributed by atoms with Crippen LogP contribution < -0.4 is 21.7 Å². The highest BCUT2D eigenvalue weighted by atomic mass is 16.4. The fourth-order valence-corrected chi connectivity index (χ4v) is 2.72. The molecule has 7 N–H and O–H groups in total. The van der Waals surface area contributed by atoms with Crippen molar-refractivity contribution in [3.8, 4) is 0 Å². The smallest absolute Gasteiger partial charge is 0.326 e. The minimum absolute atomic E-state index is 0.245. The largest absolute Gasteiger partial charge is 0.481 e. The van der Waals surface area contributed by atoms with Crippen LogP contribution in [0.1, 0.15) is 60.3 Å². The lowest BCUT2D eigenvalue weighted by atomic mass is 9.94. The number of aliphatic carboxylic acids is 2. The fourth-order valence-electron chi connectivity index (χ4n) is 2.72. The lowest BCUT2D eigenvalue weighted by Gasteiger charge is -2.29. The van der Waals surface area contributed by atoms with Gasteiger partial charge in [-0.15, -0.1) is 0 Å². The Balaban J connectivity index is 5.54. The molecule has 0 spiro atoms. The van der Waals surface area contributed by atoms with Gasteiger partial charge in [-0.1, -0.05) is 40.5 Å². The van der Waals surface area contributed by atoms with E-state index in [1.807, 2.05) is 6.92 Å². The molecule has 0 fully saturated rings. The van der Waals surface area contributed by atoms with Crippen molar-refractivity contribution >= 4 is 29.7 Å². The van der Waals surface area contributed by atoms with Crippen LogP contribution in [0.5, 0.6) is 0 Å². The van der Waals surface area contributed by atoms with Gasteiger partial charge in [0.2, 0.25) is 17.7 Å². The third kappa shape index (κ3) is 9.77. The maximum atomic E-state index is 12.9. The summed E-state index contributed by atoms with van der Waals surface area (Å²) in [5.41, 5.74) is 5.57. The quantitative estimate of drug-likeness (QED) is 0.213. The van der Waals surface area contributed by atoms with Gasteiger partial charge in [-0.05, 0) is 25.2 Å². The van der Waals surface area contributed by atoms with E-state index in [4.69, 9.17) is 10.8 Å². The van der Waals surface area contributed by atoms with Crippen molar-refractivity contribution in [3.05, 3.63) is 0 Å². The van der Waals surface area contributed by atoms with Crippen LogP contribution in [0.25, 0.3) is 0 Å². The number of carboxylic acid groups (broad SMARTS) is 2. The first kappa shape index (κ1) is 28.3. The van der Waals surface area contributed by atoms with E-state index in [1.54, 1.807) is 20.8 Å². The molecular weight excluding hydrogens is 408 g/mol. The predicted octanol–water partition coefficient (Wildman–Crippen LogP) is -0.170. The van der Waals surface area contributed by atoms with Gasteiger partial charge < -0.3 is 31.9 Å². The third-order valence-electron chi connectivity index (χ3n) is 5.26. The van der Waals surface area contributed by atoms with Crippen molar-refractivity contribution in [2.24, 2.45) is 17.6 Å². The molecule has 0 rings (SSSR count). The molecule has 0 heterocycles. The fraction of sp³-hybridized carbons (Fsp3) is 0.750. The molecule has 0 radical (unpaired) electrons. The maximum Gasteiger partial charge on any atom is 0.326 e. The Labute approximate surface area is 182 Å². The molecule has 0 aromatic heterocycles. The van der Waals surface area contributed by atoms with E-state index in [9.17, 15) is 29.1 Å². The Morgan fingerprint density at radius 2 is 1.19 bits per heavy atom. The molecule has 0 aliphatic carbocycles. The number of carbonyl (C=O) groups excluding carboxylic acids is 3. The molecule has 3 amide bonds. The second-order valence-corrected chi connectivity index (χ2v) is 7.86. The SMILES string of the molecule is CCC(C)C(NC(=O)C(C)N)C(=O)NC(C(=O)NC(CCC(=O)O)C(=O)O)C(C)CC. The van der Waals surface area contributed by atoms with E-state index in [-0.39, 0.29) is 18.3 Å². The normalized spacial score (nSPS) is 16.7. The van der Waals surface area contributed by atoms with E-state index in [2.05, 4.69) is 16.0 Å². The highest BCUT2D eigenvalue weighted by molar-refractivity contribution is 5.94. The maximum absolute atomic E-state index is 12.9. The molecule has 0 aliphatic rings. The number of rotatable bonds is 14. The number of nitrogens with one attached hydrogen (secondary N) is 3. The van der Waals surface area contributed by atoms with Gasteiger partial charge in [0.05, 0.1) is 6.04 Å². The number of amides is 3. The van der Waals surface area contributed by atoms with Crippen molar-refractivity contribution < 1.29 is 34.2 Å². The molecule has 11 nitrogen and oxygen atoms in total. The summed E-state index contributed by atoms with van der Waals surface area (Å²) in [5, 5.41) is 25.6. The van der Waals surface area contributed by atoms with Crippen molar-refractivity contribution in [2.75, 3.05) is 0 Å². The molecule has 0 saturated heterocycles. The van der Waals surface area contributed by atoms with Crippen LogP contribution in [0.2, 0.25) is 0 Å². The van der Waals surface area contributed by atoms with Gasteiger partial charge in [0.1, 0.15) is 18.1 Å². The van der Waals surface area contributed by atoms with Crippen LogP contribution in [-0.4, -0.2) is 64.0 Å². The first-order valence-electron chi connectivity index (χ1n) is 10.5. The topological polar surface area (TPSA) is 188 Å². The number of nitrogens with two attached hydrogens (primary N) is 1. The van der Waals surface area contributed by atoms with E-state index in [1.165, 1.54) is 6.92 Å². The first-order valence-corrected chi connectivity index (χ1v) is 10.5. The van der Waals surface area contributed by atoms with Gasteiger partial charge in [-0.3, -0.25) is 19.2 Å². The average Bonchev–Trinajstić information content (AvgIpc) is 2.70. The summed E-state index contributed by atoms with van der Waals surface area (Å²) >= 11 is 0. The van der Waals surface area contributed by atoms with Crippen LogP contribution in [0, 0.1) is 11.8 Å². The summed E-state index contributed by atoms with van der Waals surface area (Å²) in [6, 6.07) is -4.22. The Bertz CT molecular complexity index is 653. The second-order valence-electron chi connectivity index (χ2n) is 7.86. The van der Waals surface area contributed by atoms with Crippen LogP contribution in [0.3, 0.4) is 0 Å². The van der Waals surface area contributed by atoms with Gasteiger partial charge >= 0.3 is 11.9 Å². The van der Waals surface area contributed by atoms with Gasteiger partial charge in [-0.25, -0.2) is 4.79 Å². The van der Waals surface area contributed by atoms with Crippen molar-refractivity contribution in [1.29, 1.82) is 0 Å². The number of carboxylic acids is 2. The van der Waals surface area contributed by atoms with Crippen LogP contribution in [-0.2, 0) is 24.0 Å². The van der Waals surface area contributed by atoms with Gasteiger partial charge in [0.15, 0.2) is 0 Å². The Kier molecular flexibility index (Phi) is 12.4. The molecule has 6 atom stereocenters. The highest BCUT2D eigenvalue weighted by Crippen LogP contribution is 2.13. The molecule has 0 aliphatic heterocycles. The minimum atomic E-state index is -1.41. The molecule has 0 aromatic carbocycles.